The Morgan fingerprint density at radius 1 is 0.929 bits per heavy atom. The Balaban J connectivity index is 1.83. The number of hydrogen-bond acceptors (Lipinski definition) is 4. The van der Waals surface area contributed by atoms with E-state index < -0.39 is 5.56 Å². The monoisotopic (exact) mass is 411 g/mol. The zero-order chi connectivity index (χ0) is 19.8. The van der Waals surface area contributed by atoms with Crippen molar-refractivity contribution in [3.05, 3.63) is 86.4 Å². The molecule has 0 aliphatic heterocycles. The highest BCUT2D eigenvalue weighted by Crippen LogP contribution is 2.35. The zero-order valence-electron chi connectivity index (χ0n) is 15.1. The second-order valence-corrected chi connectivity index (χ2v) is 7.19. The molecule has 2 aromatic heterocycles. The van der Waals surface area contributed by atoms with Crippen LogP contribution in [0.5, 0.6) is 11.6 Å². The molecule has 2 heterocycles. The van der Waals surface area contributed by atoms with Crippen LogP contribution in [-0.4, -0.2) is 14.6 Å². The lowest BCUT2D eigenvalue weighted by molar-refractivity contribution is 0.451. The van der Waals surface area contributed by atoms with Crippen molar-refractivity contribution >= 4 is 28.7 Å². The second kappa shape index (κ2) is 7.26. The fourth-order valence-corrected chi connectivity index (χ4v) is 3.50. The summed E-state index contributed by atoms with van der Waals surface area (Å²) in [6.45, 7) is 4.06. The van der Waals surface area contributed by atoms with Crippen molar-refractivity contribution in [1.29, 1.82) is 0 Å². The van der Waals surface area contributed by atoms with E-state index in [0.29, 0.717) is 38.3 Å². The number of aromatic nitrogens is 3. The first kappa shape index (κ1) is 18.5. The van der Waals surface area contributed by atoms with Crippen molar-refractivity contribution in [2.45, 2.75) is 13.8 Å². The van der Waals surface area contributed by atoms with Crippen molar-refractivity contribution < 1.29 is 4.74 Å². The average Bonchev–Trinajstić information content (AvgIpc) is 2.66. The largest absolute Gasteiger partial charge is 0.438 e. The van der Waals surface area contributed by atoms with Gasteiger partial charge >= 0.3 is 0 Å². The maximum Gasteiger partial charge on any atom is 0.281 e. The van der Waals surface area contributed by atoms with Crippen molar-refractivity contribution in [3.8, 4) is 22.8 Å². The molecule has 4 rings (SSSR count). The summed E-state index contributed by atoms with van der Waals surface area (Å²) < 4.78 is 7.33. The normalized spacial score (nSPS) is 11.0. The number of fused-ring (bicyclic) bond motifs is 1. The van der Waals surface area contributed by atoms with E-state index in [2.05, 4.69) is 10.1 Å². The van der Waals surface area contributed by atoms with E-state index >= 15 is 0 Å². The Hall–Kier alpha value is -2.89. The van der Waals surface area contributed by atoms with Crippen LogP contribution < -0.4 is 10.3 Å². The number of hydrogen-bond donors (Lipinski definition) is 0. The van der Waals surface area contributed by atoms with Gasteiger partial charge in [0.25, 0.3) is 5.56 Å². The Labute approximate surface area is 171 Å². The summed E-state index contributed by atoms with van der Waals surface area (Å²) in [6, 6.07) is 14.3. The third kappa shape index (κ3) is 3.35. The molecule has 140 valence electrons. The summed E-state index contributed by atoms with van der Waals surface area (Å²) in [5, 5.41) is 5.16. The topological polar surface area (TPSA) is 56.5 Å². The Bertz CT molecular complexity index is 1250. The Kier molecular flexibility index (Phi) is 4.79. The molecule has 0 aliphatic rings. The molecular formula is C21H15Cl2N3O2. The second-order valence-electron chi connectivity index (χ2n) is 6.37. The molecule has 0 saturated heterocycles. The maximum absolute atomic E-state index is 12.5. The van der Waals surface area contributed by atoms with Gasteiger partial charge in [0.15, 0.2) is 0 Å². The summed E-state index contributed by atoms with van der Waals surface area (Å²) in [4.78, 5) is 16.4. The minimum Gasteiger partial charge on any atom is -0.438 e. The van der Waals surface area contributed by atoms with E-state index in [1.54, 1.807) is 30.3 Å². The fraction of sp³-hybridized carbons (Fsp3) is 0.0952. The predicted octanol–water partition coefficient (Wildman–Crippen LogP) is 5.47. The minimum absolute atomic E-state index is 0.295. The molecule has 2 aromatic carbocycles. The van der Waals surface area contributed by atoms with E-state index in [1.165, 1.54) is 16.4 Å². The van der Waals surface area contributed by atoms with Crippen LogP contribution in [-0.2, 0) is 0 Å². The third-order valence-corrected chi connectivity index (χ3v) is 5.13. The number of ether oxygens (including phenoxy) is 1. The van der Waals surface area contributed by atoms with Gasteiger partial charge in [0.1, 0.15) is 12.1 Å². The Morgan fingerprint density at radius 2 is 1.68 bits per heavy atom. The number of halogens is 2. The van der Waals surface area contributed by atoms with Gasteiger partial charge in [0.05, 0.1) is 21.1 Å². The molecule has 28 heavy (non-hydrogen) atoms. The average molecular weight is 412 g/mol. The molecule has 0 unspecified atom stereocenters. The molecule has 0 N–H and O–H groups in total. The molecule has 5 nitrogen and oxygen atoms in total. The van der Waals surface area contributed by atoms with E-state index in [-0.39, 0.29) is 0 Å². The zero-order valence-corrected chi connectivity index (χ0v) is 16.6. The molecular weight excluding hydrogens is 397 g/mol. The van der Waals surface area contributed by atoms with Crippen molar-refractivity contribution in [2.75, 3.05) is 0 Å². The van der Waals surface area contributed by atoms with Crippen LogP contribution in [0.1, 0.15) is 11.1 Å². The first-order valence-corrected chi connectivity index (χ1v) is 9.28. The van der Waals surface area contributed by atoms with Gasteiger partial charge in [0.2, 0.25) is 5.88 Å². The van der Waals surface area contributed by atoms with Crippen molar-refractivity contribution in [3.63, 3.8) is 0 Å². The quantitative estimate of drug-likeness (QED) is 0.448. The minimum atomic E-state index is -0.431. The van der Waals surface area contributed by atoms with Gasteiger partial charge in [-0.15, -0.1) is 5.10 Å². The van der Waals surface area contributed by atoms with Gasteiger partial charge in [-0.25, -0.2) is 4.52 Å². The highest BCUT2D eigenvalue weighted by Gasteiger charge is 2.17. The van der Waals surface area contributed by atoms with Crippen LogP contribution in [0, 0.1) is 13.8 Å². The summed E-state index contributed by atoms with van der Waals surface area (Å²) in [5.74, 6) is 1.05. The van der Waals surface area contributed by atoms with Gasteiger partial charge in [-0.05, 0) is 55.3 Å². The molecule has 7 heteroatoms. The van der Waals surface area contributed by atoms with Gasteiger partial charge in [0, 0.05) is 11.6 Å². The van der Waals surface area contributed by atoms with Gasteiger partial charge < -0.3 is 4.74 Å². The molecule has 0 atom stereocenters. The van der Waals surface area contributed by atoms with Crippen LogP contribution in [0.2, 0.25) is 10.0 Å². The van der Waals surface area contributed by atoms with Crippen LogP contribution in [0.15, 0.2) is 59.7 Å². The van der Waals surface area contributed by atoms with Gasteiger partial charge in [-0.2, -0.15) is 4.98 Å². The van der Waals surface area contributed by atoms with E-state index in [4.69, 9.17) is 27.9 Å². The van der Waals surface area contributed by atoms with E-state index in [9.17, 15) is 4.79 Å². The lowest BCUT2D eigenvalue weighted by Gasteiger charge is -2.11. The van der Waals surface area contributed by atoms with Gasteiger partial charge in [-0.3, -0.25) is 4.79 Å². The van der Waals surface area contributed by atoms with Crippen LogP contribution in [0.25, 0.3) is 16.6 Å². The molecule has 0 radical (unpaired) electrons. The van der Waals surface area contributed by atoms with Crippen LogP contribution in [0.4, 0.5) is 0 Å². The summed E-state index contributed by atoms with van der Waals surface area (Å²) in [5.41, 5.74) is 3.14. The molecule has 0 saturated carbocycles. The maximum atomic E-state index is 12.5. The SMILES string of the molecule is Cc1ccc(Oc2ccc3c(-c4c(Cl)cccc4Cl)c(=O)ncn3n2)cc1C. The molecule has 0 spiro atoms. The molecule has 4 aromatic rings. The number of rotatable bonds is 3. The Morgan fingerprint density at radius 3 is 2.39 bits per heavy atom. The highest BCUT2D eigenvalue weighted by molar-refractivity contribution is 6.39. The van der Waals surface area contributed by atoms with Crippen LogP contribution >= 0.6 is 23.2 Å². The fourth-order valence-electron chi connectivity index (χ4n) is 2.91. The molecule has 0 amide bonds. The summed E-state index contributed by atoms with van der Waals surface area (Å²) in [6.07, 6.45) is 1.35. The van der Waals surface area contributed by atoms with Gasteiger partial charge in [-0.1, -0.05) is 35.3 Å². The highest BCUT2D eigenvalue weighted by atomic mass is 35.5. The lowest BCUT2D eigenvalue weighted by atomic mass is 10.1. The molecule has 0 bridgehead atoms. The van der Waals surface area contributed by atoms with E-state index in [0.717, 1.165) is 5.56 Å². The first-order valence-electron chi connectivity index (χ1n) is 8.52. The summed E-state index contributed by atoms with van der Waals surface area (Å²) >= 11 is 12.6. The number of benzene rings is 2. The number of nitrogens with zero attached hydrogens (tertiary/aromatic N) is 3. The van der Waals surface area contributed by atoms with Crippen LogP contribution in [0.3, 0.4) is 0 Å². The van der Waals surface area contributed by atoms with E-state index in [1.807, 2.05) is 32.0 Å². The summed E-state index contributed by atoms with van der Waals surface area (Å²) in [7, 11) is 0. The number of aryl methyl sites for hydroxylation is 2. The standard InChI is InChI=1S/C21H15Cl2N3O2/c1-12-6-7-14(10-13(12)2)28-18-9-8-17-20(21(27)24-11-26(17)25-18)19-15(22)4-3-5-16(19)23/h3-11H,1-2H3. The third-order valence-electron chi connectivity index (χ3n) is 4.50. The van der Waals surface area contributed by atoms with Crippen molar-refractivity contribution in [2.24, 2.45) is 0 Å². The smallest absolute Gasteiger partial charge is 0.281 e. The predicted molar refractivity (Wildman–Crippen MR) is 111 cm³/mol. The van der Waals surface area contributed by atoms with Crippen molar-refractivity contribution in [1.82, 2.24) is 14.6 Å². The molecule has 0 fully saturated rings. The first-order chi connectivity index (χ1) is 13.4. The molecule has 0 aliphatic carbocycles. The lowest BCUT2D eigenvalue weighted by Crippen LogP contribution is -2.14.